The second-order valence-electron chi connectivity index (χ2n) is 6.23. The van der Waals surface area contributed by atoms with Gasteiger partial charge in [0, 0.05) is 0 Å². The Kier molecular flexibility index (Phi) is 4.02. The summed E-state index contributed by atoms with van der Waals surface area (Å²) in [5.74, 6) is 0. The number of carbonyl (C=O) groups excluding carboxylic acids is 1. The zero-order valence-electron chi connectivity index (χ0n) is 12.5. The van der Waals surface area contributed by atoms with Gasteiger partial charge in [-0.25, -0.2) is 4.79 Å². The fraction of sp³-hybridized carbons (Fsp3) is 0.688. The molecule has 0 aromatic carbocycles. The van der Waals surface area contributed by atoms with Crippen LogP contribution in [-0.4, -0.2) is 29.2 Å². The zero-order chi connectivity index (χ0) is 14.0. The van der Waals surface area contributed by atoms with Crippen molar-refractivity contribution < 1.29 is 9.53 Å². The van der Waals surface area contributed by atoms with Crippen molar-refractivity contribution in [2.45, 2.75) is 65.0 Å². The lowest BCUT2D eigenvalue weighted by Crippen LogP contribution is -2.23. The monoisotopic (exact) mass is 263 g/mol. The van der Waals surface area contributed by atoms with Crippen molar-refractivity contribution >= 4 is 6.09 Å². The number of carbonyl (C=O) groups is 1. The summed E-state index contributed by atoms with van der Waals surface area (Å²) in [4.78, 5) is 13.3. The number of nitrogens with zero attached hydrogens (tertiary/aromatic N) is 1. The number of hydrogen-bond acceptors (Lipinski definition) is 2. The first-order valence-electron chi connectivity index (χ1n) is 7.20. The van der Waals surface area contributed by atoms with Crippen molar-refractivity contribution in [2.75, 3.05) is 6.61 Å². The molecule has 0 aromatic heterocycles. The van der Waals surface area contributed by atoms with Crippen LogP contribution in [0.5, 0.6) is 0 Å². The van der Waals surface area contributed by atoms with Crippen LogP contribution in [-0.2, 0) is 4.74 Å². The molecule has 2 heterocycles. The molecule has 2 aliphatic heterocycles. The van der Waals surface area contributed by atoms with Gasteiger partial charge >= 0.3 is 6.09 Å². The molecular formula is C16H25NO2. The Bertz CT molecular complexity index is 420. The Balaban J connectivity index is 1.72. The summed E-state index contributed by atoms with van der Waals surface area (Å²) in [6.45, 7) is 9.23. The summed E-state index contributed by atoms with van der Waals surface area (Å²) in [6.07, 6.45) is 8.84. The number of allylic oxidation sites excluding steroid dienone is 4. The molecule has 1 amide bonds. The summed E-state index contributed by atoms with van der Waals surface area (Å²) in [5, 5.41) is 0. The Labute approximate surface area is 116 Å². The van der Waals surface area contributed by atoms with Gasteiger partial charge in [-0.1, -0.05) is 23.3 Å². The van der Waals surface area contributed by atoms with Gasteiger partial charge in [0.05, 0.1) is 11.6 Å². The first-order valence-corrected chi connectivity index (χ1v) is 7.20. The standard InChI is InChI=1S/C16H25NO2/c1-12(2)7-5-8-13(3)9-6-10-16(4)14-11-19-15(18)17(14)16/h7,9,14H,5-6,8,10-11H2,1-4H3/b13-9+/t14-,16-,17?/m1/s1. The predicted octanol–water partition coefficient (Wildman–Crippen LogP) is 4.05. The van der Waals surface area contributed by atoms with Crippen molar-refractivity contribution in [1.82, 2.24) is 4.90 Å². The van der Waals surface area contributed by atoms with Crippen LogP contribution in [0, 0.1) is 0 Å². The molecule has 0 aromatic rings. The summed E-state index contributed by atoms with van der Waals surface area (Å²) in [7, 11) is 0. The largest absolute Gasteiger partial charge is 0.447 e. The molecule has 106 valence electrons. The molecule has 2 fully saturated rings. The lowest BCUT2D eigenvalue weighted by atomic mass is 9.99. The van der Waals surface area contributed by atoms with Gasteiger partial charge in [-0.15, -0.1) is 0 Å². The van der Waals surface area contributed by atoms with Gasteiger partial charge in [-0.3, -0.25) is 4.90 Å². The number of fused-ring (bicyclic) bond motifs is 1. The predicted molar refractivity (Wildman–Crippen MR) is 77.0 cm³/mol. The molecule has 0 radical (unpaired) electrons. The molecule has 0 bridgehead atoms. The minimum absolute atomic E-state index is 0.0615. The number of hydrogen-bond donors (Lipinski definition) is 0. The van der Waals surface area contributed by atoms with Crippen LogP contribution in [0.15, 0.2) is 23.3 Å². The van der Waals surface area contributed by atoms with Crippen molar-refractivity contribution in [3.63, 3.8) is 0 Å². The molecule has 19 heavy (non-hydrogen) atoms. The number of amides is 1. The van der Waals surface area contributed by atoms with Crippen molar-refractivity contribution in [3.8, 4) is 0 Å². The van der Waals surface area contributed by atoms with E-state index in [1.807, 2.05) is 4.90 Å². The van der Waals surface area contributed by atoms with E-state index in [1.54, 1.807) is 0 Å². The van der Waals surface area contributed by atoms with Crippen LogP contribution in [0.3, 0.4) is 0 Å². The highest BCUT2D eigenvalue weighted by molar-refractivity contribution is 5.76. The quantitative estimate of drug-likeness (QED) is 0.534. The van der Waals surface area contributed by atoms with E-state index >= 15 is 0 Å². The van der Waals surface area contributed by atoms with Crippen LogP contribution in [0.4, 0.5) is 4.79 Å². The van der Waals surface area contributed by atoms with Crippen molar-refractivity contribution in [1.29, 1.82) is 0 Å². The number of rotatable bonds is 6. The minimum atomic E-state index is -0.128. The molecule has 0 N–H and O–H groups in total. The Hall–Kier alpha value is -1.25. The number of cyclic esters (lactones) is 1. The van der Waals surface area contributed by atoms with E-state index in [0.29, 0.717) is 12.6 Å². The maximum Gasteiger partial charge on any atom is 0.410 e. The van der Waals surface area contributed by atoms with E-state index in [-0.39, 0.29) is 11.6 Å². The second kappa shape index (κ2) is 5.40. The van der Waals surface area contributed by atoms with Crippen LogP contribution in [0.2, 0.25) is 0 Å². The highest BCUT2D eigenvalue weighted by atomic mass is 16.6. The highest BCUT2D eigenvalue weighted by Gasteiger charge is 2.66. The van der Waals surface area contributed by atoms with Gasteiger partial charge in [-0.2, -0.15) is 0 Å². The summed E-state index contributed by atoms with van der Waals surface area (Å²) in [5.41, 5.74) is 2.90. The molecule has 2 atom stereocenters. The molecule has 2 saturated heterocycles. The molecule has 3 heteroatoms. The Morgan fingerprint density at radius 2 is 2.11 bits per heavy atom. The van der Waals surface area contributed by atoms with Crippen molar-refractivity contribution in [3.05, 3.63) is 23.3 Å². The fourth-order valence-corrected chi connectivity index (χ4v) is 2.90. The summed E-state index contributed by atoms with van der Waals surface area (Å²) < 4.78 is 4.98. The SMILES string of the molecule is CC(C)=CCC/C(C)=C/CC[C@]1(C)[C@H]2COC(=O)N21. The normalized spacial score (nSPS) is 29.1. The smallest absolute Gasteiger partial charge is 0.410 e. The van der Waals surface area contributed by atoms with Crippen LogP contribution in [0.1, 0.15) is 53.4 Å². The van der Waals surface area contributed by atoms with Crippen LogP contribution in [0.25, 0.3) is 0 Å². The topological polar surface area (TPSA) is 29.3 Å². The third-order valence-corrected chi connectivity index (χ3v) is 4.31. The molecule has 2 aliphatic rings. The van der Waals surface area contributed by atoms with E-state index in [0.717, 1.165) is 25.7 Å². The lowest BCUT2D eigenvalue weighted by Gasteiger charge is -2.12. The van der Waals surface area contributed by atoms with Gasteiger partial charge in [0.1, 0.15) is 6.61 Å². The first kappa shape index (κ1) is 14.2. The van der Waals surface area contributed by atoms with E-state index < -0.39 is 0 Å². The molecule has 0 aliphatic carbocycles. The van der Waals surface area contributed by atoms with E-state index in [1.165, 1.54) is 11.1 Å². The molecule has 0 unspecified atom stereocenters. The maximum absolute atomic E-state index is 11.4. The minimum Gasteiger partial charge on any atom is -0.447 e. The third kappa shape index (κ3) is 3.02. The van der Waals surface area contributed by atoms with Crippen LogP contribution >= 0.6 is 0 Å². The van der Waals surface area contributed by atoms with Gasteiger partial charge in [0.25, 0.3) is 0 Å². The van der Waals surface area contributed by atoms with Gasteiger partial charge < -0.3 is 4.74 Å². The average molecular weight is 263 g/mol. The first-order chi connectivity index (χ1) is 8.95. The van der Waals surface area contributed by atoms with E-state index in [2.05, 4.69) is 39.8 Å². The zero-order valence-corrected chi connectivity index (χ0v) is 12.5. The summed E-state index contributed by atoms with van der Waals surface area (Å²) >= 11 is 0. The van der Waals surface area contributed by atoms with Gasteiger partial charge in [0.15, 0.2) is 0 Å². The molecular weight excluding hydrogens is 238 g/mol. The molecule has 3 nitrogen and oxygen atoms in total. The van der Waals surface area contributed by atoms with Crippen LogP contribution < -0.4 is 0 Å². The molecule has 0 saturated carbocycles. The fourth-order valence-electron chi connectivity index (χ4n) is 2.90. The summed E-state index contributed by atoms with van der Waals surface area (Å²) in [6, 6.07) is 0.333. The van der Waals surface area contributed by atoms with Gasteiger partial charge in [-0.05, 0) is 53.4 Å². The molecule has 2 rings (SSSR count). The second-order valence-corrected chi connectivity index (χ2v) is 6.23. The number of ether oxygens (including phenoxy) is 1. The maximum atomic E-state index is 11.4. The third-order valence-electron chi connectivity index (χ3n) is 4.31. The Morgan fingerprint density at radius 3 is 2.68 bits per heavy atom. The van der Waals surface area contributed by atoms with Gasteiger partial charge in [0.2, 0.25) is 0 Å². The van der Waals surface area contributed by atoms with E-state index in [4.69, 9.17) is 4.74 Å². The highest BCUT2D eigenvalue weighted by Crippen LogP contribution is 2.48. The average Bonchev–Trinajstić information content (AvgIpc) is 2.68. The molecule has 0 spiro atoms. The lowest BCUT2D eigenvalue weighted by molar-refractivity contribution is 0.146. The van der Waals surface area contributed by atoms with E-state index in [9.17, 15) is 4.79 Å². The Morgan fingerprint density at radius 1 is 1.37 bits per heavy atom. The van der Waals surface area contributed by atoms with Crippen molar-refractivity contribution in [2.24, 2.45) is 0 Å².